The van der Waals surface area contributed by atoms with Gasteiger partial charge >= 0.3 is 0 Å². The zero-order valence-corrected chi connectivity index (χ0v) is 14.5. The van der Waals surface area contributed by atoms with Crippen LogP contribution >= 0.6 is 0 Å². The van der Waals surface area contributed by atoms with Crippen molar-refractivity contribution in [3.63, 3.8) is 0 Å². The van der Waals surface area contributed by atoms with E-state index >= 15 is 0 Å². The maximum absolute atomic E-state index is 6.05. The standard InChI is InChI=1S/C18H38O2/c1-5-9-10-11-12-13-14-15-18(8-4,19-16-6-2)20-17-7-3/h5-17H2,1-4H3. The van der Waals surface area contributed by atoms with Gasteiger partial charge in [0.1, 0.15) is 0 Å². The molecule has 0 amide bonds. The summed E-state index contributed by atoms with van der Waals surface area (Å²) >= 11 is 0. The molecule has 0 N–H and O–H groups in total. The zero-order chi connectivity index (χ0) is 15.1. The summed E-state index contributed by atoms with van der Waals surface area (Å²) in [5.74, 6) is -0.310. The van der Waals surface area contributed by atoms with Crippen molar-refractivity contribution in [2.45, 2.75) is 104 Å². The Hall–Kier alpha value is -0.0800. The van der Waals surface area contributed by atoms with Crippen LogP contribution in [0.25, 0.3) is 0 Å². The van der Waals surface area contributed by atoms with E-state index in [1.165, 1.54) is 44.9 Å². The Morgan fingerprint density at radius 3 is 1.55 bits per heavy atom. The second-order valence-corrected chi connectivity index (χ2v) is 5.83. The van der Waals surface area contributed by atoms with Crippen molar-refractivity contribution in [3.8, 4) is 0 Å². The molecule has 2 heteroatoms. The van der Waals surface area contributed by atoms with Gasteiger partial charge in [0.25, 0.3) is 0 Å². The van der Waals surface area contributed by atoms with Crippen molar-refractivity contribution in [3.05, 3.63) is 0 Å². The van der Waals surface area contributed by atoms with Gasteiger partial charge < -0.3 is 9.47 Å². The lowest BCUT2D eigenvalue weighted by Crippen LogP contribution is -2.36. The molecule has 0 unspecified atom stereocenters. The van der Waals surface area contributed by atoms with Gasteiger partial charge in [-0.2, -0.15) is 0 Å². The molecule has 0 aliphatic heterocycles. The van der Waals surface area contributed by atoms with Gasteiger partial charge in [0, 0.05) is 19.6 Å². The van der Waals surface area contributed by atoms with Crippen LogP contribution in [-0.4, -0.2) is 19.0 Å². The fourth-order valence-corrected chi connectivity index (χ4v) is 2.49. The molecule has 2 nitrogen and oxygen atoms in total. The fourth-order valence-electron chi connectivity index (χ4n) is 2.49. The first-order chi connectivity index (χ1) is 9.74. The van der Waals surface area contributed by atoms with E-state index in [-0.39, 0.29) is 5.79 Å². The molecule has 0 aromatic carbocycles. The van der Waals surface area contributed by atoms with Crippen LogP contribution in [0.5, 0.6) is 0 Å². The third-order valence-electron chi connectivity index (χ3n) is 3.84. The number of hydrogen-bond donors (Lipinski definition) is 0. The molecule has 0 saturated heterocycles. The Labute approximate surface area is 127 Å². The summed E-state index contributed by atoms with van der Waals surface area (Å²) < 4.78 is 12.1. The monoisotopic (exact) mass is 286 g/mol. The van der Waals surface area contributed by atoms with Gasteiger partial charge in [-0.25, -0.2) is 0 Å². The first-order valence-corrected chi connectivity index (χ1v) is 9.02. The number of hydrogen-bond acceptors (Lipinski definition) is 2. The topological polar surface area (TPSA) is 18.5 Å². The Kier molecular flexibility index (Phi) is 13.8. The first kappa shape index (κ1) is 19.9. The number of rotatable bonds is 15. The summed E-state index contributed by atoms with van der Waals surface area (Å²) in [6.45, 7) is 10.4. The Morgan fingerprint density at radius 1 is 0.600 bits per heavy atom. The van der Waals surface area contributed by atoms with E-state index in [0.29, 0.717) is 0 Å². The first-order valence-electron chi connectivity index (χ1n) is 9.02. The number of unbranched alkanes of at least 4 members (excludes halogenated alkanes) is 6. The molecule has 122 valence electrons. The average molecular weight is 286 g/mol. The van der Waals surface area contributed by atoms with Crippen molar-refractivity contribution in [2.24, 2.45) is 0 Å². The van der Waals surface area contributed by atoms with Gasteiger partial charge in [-0.3, -0.25) is 0 Å². The predicted molar refractivity (Wildman–Crippen MR) is 88.1 cm³/mol. The third-order valence-corrected chi connectivity index (χ3v) is 3.84. The zero-order valence-electron chi connectivity index (χ0n) is 14.5. The molecule has 0 aliphatic carbocycles. The van der Waals surface area contributed by atoms with Crippen LogP contribution in [0.2, 0.25) is 0 Å². The molecule has 0 bridgehead atoms. The Bertz CT molecular complexity index is 184. The molecule has 0 saturated carbocycles. The van der Waals surface area contributed by atoms with Crippen molar-refractivity contribution in [1.82, 2.24) is 0 Å². The summed E-state index contributed by atoms with van der Waals surface area (Å²) in [5, 5.41) is 0. The van der Waals surface area contributed by atoms with Crippen LogP contribution in [0.15, 0.2) is 0 Å². The molecule has 0 rings (SSSR count). The van der Waals surface area contributed by atoms with Crippen LogP contribution in [0.3, 0.4) is 0 Å². The third kappa shape index (κ3) is 9.77. The van der Waals surface area contributed by atoms with Gasteiger partial charge in [0.15, 0.2) is 5.79 Å². The smallest absolute Gasteiger partial charge is 0.168 e. The summed E-state index contributed by atoms with van der Waals surface area (Å²) in [6, 6.07) is 0. The SMILES string of the molecule is CCCCCCCCCC(CC)(OCCC)OCCC. The maximum Gasteiger partial charge on any atom is 0.168 e. The molecule has 0 atom stereocenters. The molecular formula is C18H38O2. The normalized spacial score (nSPS) is 12.0. The van der Waals surface area contributed by atoms with E-state index in [4.69, 9.17) is 9.47 Å². The van der Waals surface area contributed by atoms with E-state index in [1.807, 2.05) is 0 Å². The molecule has 0 aliphatic rings. The number of ether oxygens (including phenoxy) is 2. The molecule has 0 fully saturated rings. The molecule has 0 heterocycles. The maximum atomic E-state index is 6.05. The Morgan fingerprint density at radius 2 is 1.10 bits per heavy atom. The minimum atomic E-state index is -0.310. The highest BCUT2D eigenvalue weighted by molar-refractivity contribution is 4.69. The van der Waals surface area contributed by atoms with Gasteiger partial charge in [-0.15, -0.1) is 0 Å². The van der Waals surface area contributed by atoms with E-state index in [1.54, 1.807) is 0 Å². The van der Waals surface area contributed by atoms with Crippen LogP contribution in [-0.2, 0) is 9.47 Å². The lowest BCUT2D eigenvalue weighted by Gasteiger charge is -2.33. The van der Waals surface area contributed by atoms with Crippen LogP contribution < -0.4 is 0 Å². The van der Waals surface area contributed by atoms with Crippen molar-refractivity contribution in [1.29, 1.82) is 0 Å². The van der Waals surface area contributed by atoms with E-state index < -0.39 is 0 Å². The van der Waals surface area contributed by atoms with Crippen LogP contribution in [0.4, 0.5) is 0 Å². The molecular weight excluding hydrogens is 248 g/mol. The van der Waals surface area contributed by atoms with E-state index in [9.17, 15) is 0 Å². The van der Waals surface area contributed by atoms with E-state index in [0.717, 1.165) is 38.9 Å². The second kappa shape index (κ2) is 13.9. The second-order valence-electron chi connectivity index (χ2n) is 5.83. The largest absolute Gasteiger partial charge is 0.350 e. The summed E-state index contributed by atoms with van der Waals surface area (Å²) in [7, 11) is 0. The van der Waals surface area contributed by atoms with Gasteiger partial charge in [0.2, 0.25) is 0 Å². The molecule has 0 radical (unpaired) electrons. The lowest BCUT2D eigenvalue weighted by molar-refractivity contribution is -0.243. The van der Waals surface area contributed by atoms with Gasteiger partial charge in [-0.05, 0) is 25.7 Å². The lowest BCUT2D eigenvalue weighted by atomic mass is 10.0. The molecule has 0 aromatic heterocycles. The van der Waals surface area contributed by atoms with Crippen molar-refractivity contribution < 1.29 is 9.47 Å². The highest BCUT2D eigenvalue weighted by Gasteiger charge is 2.28. The minimum absolute atomic E-state index is 0.310. The highest BCUT2D eigenvalue weighted by atomic mass is 16.7. The van der Waals surface area contributed by atoms with Crippen LogP contribution in [0, 0.1) is 0 Å². The fraction of sp³-hybridized carbons (Fsp3) is 1.00. The molecule has 0 spiro atoms. The van der Waals surface area contributed by atoms with Crippen molar-refractivity contribution in [2.75, 3.05) is 13.2 Å². The highest BCUT2D eigenvalue weighted by Crippen LogP contribution is 2.26. The van der Waals surface area contributed by atoms with E-state index in [2.05, 4.69) is 27.7 Å². The quantitative estimate of drug-likeness (QED) is 0.268. The summed E-state index contributed by atoms with van der Waals surface area (Å²) in [4.78, 5) is 0. The molecule has 20 heavy (non-hydrogen) atoms. The minimum Gasteiger partial charge on any atom is -0.350 e. The average Bonchev–Trinajstić information content (AvgIpc) is 2.48. The Balaban J connectivity index is 3.94. The summed E-state index contributed by atoms with van der Waals surface area (Å²) in [5.41, 5.74) is 0. The van der Waals surface area contributed by atoms with Crippen LogP contribution in [0.1, 0.15) is 98.3 Å². The summed E-state index contributed by atoms with van der Waals surface area (Å²) in [6.07, 6.45) is 13.5. The van der Waals surface area contributed by atoms with Gasteiger partial charge in [-0.1, -0.05) is 66.2 Å². The van der Waals surface area contributed by atoms with Gasteiger partial charge in [0.05, 0.1) is 0 Å². The van der Waals surface area contributed by atoms with Crippen molar-refractivity contribution >= 4 is 0 Å². The predicted octanol–water partition coefficient (Wildman–Crippen LogP) is 6.09. The molecule has 0 aromatic rings.